The van der Waals surface area contributed by atoms with E-state index < -0.39 is 23.2 Å². The number of aromatic nitrogens is 2. The second kappa shape index (κ2) is 10.2. The Bertz CT molecular complexity index is 1590. The fourth-order valence-electron chi connectivity index (χ4n) is 6.24. The van der Waals surface area contributed by atoms with Gasteiger partial charge in [-0.15, -0.1) is 11.8 Å². The van der Waals surface area contributed by atoms with Crippen molar-refractivity contribution >= 4 is 34.4 Å². The third-order valence-corrected chi connectivity index (χ3v) is 9.73. The molecule has 1 spiro atoms. The summed E-state index contributed by atoms with van der Waals surface area (Å²) in [6, 6.07) is 6.09. The number of benzene rings is 2. The molecule has 0 bridgehead atoms. The molecule has 3 aliphatic rings. The molecule has 4 heterocycles. The molecule has 2 aromatic carbocycles. The Labute approximate surface area is 238 Å². The van der Waals surface area contributed by atoms with Gasteiger partial charge in [0.25, 0.3) is 0 Å². The van der Waals surface area contributed by atoms with Crippen molar-refractivity contribution in [2.45, 2.75) is 24.5 Å². The lowest BCUT2D eigenvalue weighted by atomic mass is 9.81. The molecule has 7 nitrogen and oxygen atoms in total. The standard InChI is InChI=1S/C29H29F4N5O2S/c1-3-22(39)36-9-11-37(12-10-36)26-20-13-21(29(31,32)33)23(18-5-7-19(30)8-6-18)25-24(20)38(27(40)34-26)16-28(17-41-25)14-35(4-2)15-28/h3,5-8,13H,1,4,9-12,14-17H2,2H3. The van der Waals surface area contributed by atoms with E-state index in [1.165, 1.54) is 30.0 Å². The first kappa shape index (κ1) is 27.8. The quantitative estimate of drug-likeness (QED) is 0.332. The molecule has 6 rings (SSSR count). The largest absolute Gasteiger partial charge is 0.417 e. The summed E-state index contributed by atoms with van der Waals surface area (Å²) >= 11 is 1.33. The zero-order valence-corrected chi connectivity index (χ0v) is 23.3. The maximum atomic E-state index is 14.8. The predicted octanol–water partition coefficient (Wildman–Crippen LogP) is 4.48. The lowest BCUT2D eigenvalue weighted by molar-refractivity contribution is -0.137. The first-order valence-corrected chi connectivity index (χ1v) is 14.5. The number of rotatable bonds is 4. The number of hydrogen-bond acceptors (Lipinski definition) is 6. The van der Waals surface area contributed by atoms with Gasteiger partial charge in [0, 0.05) is 72.8 Å². The summed E-state index contributed by atoms with van der Waals surface area (Å²) in [5.41, 5.74) is -1.04. The molecule has 1 aromatic heterocycles. The number of thioether (sulfide) groups is 1. The SMILES string of the molecule is C=CC(=O)N1CCN(c2nc(=O)n3c4c(c(-c5ccc(F)cc5)c(C(F)(F)F)cc24)SCC2(CN(CC)C2)C3)CC1. The van der Waals surface area contributed by atoms with E-state index in [-0.39, 0.29) is 33.7 Å². The highest BCUT2D eigenvalue weighted by atomic mass is 32.2. The van der Waals surface area contributed by atoms with Crippen LogP contribution in [0.25, 0.3) is 22.0 Å². The van der Waals surface area contributed by atoms with Crippen molar-refractivity contribution in [3.05, 3.63) is 64.9 Å². The summed E-state index contributed by atoms with van der Waals surface area (Å²) in [5, 5.41) is 0.248. The van der Waals surface area contributed by atoms with E-state index in [0.29, 0.717) is 48.9 Å². The fraction of sp³-hybridized carbons (Fsp3) is 0.414. The molecular weight excluding hydrogens is 558 g/mol. The number of alkyl halides is 3. The van der Waals surface area contributed by atoms with Gasteiger partial charge in [-0.05, 0) is 36.4 Å². The summed E-state index contributed by atoms with van der Waals surface area (Å²) in [6.45, 7) is 9.51. The lowest BCUT2D eigenvalue weighted by Gasteiger charge is -2.49. The minimum Gasteiger partial charge on any atom is -0.352 e. The molecule has 0 saturated carbocycles. The number of piperazine rings is 1. The number of anilines is 1. The highest BCUT2D eigenvalue weighted by molar-refractivity contribution is 7.99. The van der Waals surface area contributed by atoms with Crippen molar-refractivity contribution < 1.29 is 22.4 Å². The van der Waals surface area contributed by atoms with Crippen molar-refractivity contribution in [1.82, 2.24) is 19.4 Å². The molecule has 0 atom stereocenters. The second-order valence-corrected chi connectivity index (χ2v) is 11.9. The Morgan fingerprint density at radius 3 is 2.41 bits per heavy atom. The molecule has 3 aliphatic heterocycles. The molecule has 216 valence electrons. The number of carbonyl (C=O) groups excluding carboxylic acids is 1. The van der Waals surface area contributed by atoms with Gasteiger partial charge in [0.05, 0.1) is 11.1 Å². The summed E-state index contributed by atoms with van der Waals surface area (Å²) in [5.74, 6) is -0.0538. The number of hydrogen-bond donors (Lipinski definition) is 0. The Morgan fingerprint density at radius 2 is 1.80 bits per heavy atom. The van der Waals surface area contributed by atoms with E-state index in [9.17, 15) is 27.2 Å². The Hall–Kier alpha value is -3.38. The van der Waals surface area contributed by atoms with Crippen LogP contribution in [-0.4, -0.2) is 76.8 Å². The van der Waals surface area contributed by atoms with Crippen LogP contribution in [-0.2, 0) is 17.5 Å². The van der Waals surface area contributed by atoms with Crippen LogP contribution in [0.4, 0.5) is 23.4 Å². The first-order chi connectivity index (χ1) is 19.5. The fourth-order valence-corrected chi connectivity index (χ4v) is 7.69. The van der Waals surface area contributed by atoms with E-state index in [1.807, 2.05) is 0 Å². The van der Waals surface area contributed by atoms with Gasteiger partial charge in [0.15, 0.2) is 0 Å². The summed E-state index contributed by atoms with van der Waals surface area (Å²) in [6.07, 6.45) is -3.49. The van der Waals surface area contributed by atoms with Gasteiger partial charge in [0.1, 0.15) is 11.6 Å². The van der Waals surface area contributed by atoms with Crippen LogP contribution >= 0.6 is 11.8 Å². The van der Waals surface area contributed by atoms with Crippen LogP contribution in [0.1, 0.15) is 12.5 Å². The zero-order chi connectivity index (χ0) is 29.1. The summed E-state index contributed by atoms with van der Waals surface area (Å²) < 4.78 is 59.7. The van der Waals surface area contributed by atoms with Gasteiger partial charge in [-0.3, -0.25) is 9.36 Å². The Kier molecular flexibility index (Phi) is 6.88. The molecule has 0 N–H and O–H groups in total. The number of carbonyl (C=O) groups is 1. The molecule has 1 amide bonds. The normalized spacial score (nSPS) is 18.9. The van der Waals surface area contributed by atoms with E-state index in [0.717, 1.165) is 37.8 Å². The van der Waals surface area contributed by atoms with E-state index in [1.54, 1.807) is 14.4 Å². The minimum absolute atomic E-state index is 0.0505. The molecule has 3 aromatic rings. The van der Waals surface area contributed by atoms with Gasteiger partial charge in [0.2, 0.25) is 5.91 Å². The maximum Gasteiger partial charge on any atom is 0.417 e. The van der Waals surface area contributed by atoms with Crippen LogP contribution in [0, 0.1) is 11.2 Å². The molecule has 0 radical (unpaired) electrons. The second-order valence-electron chi connectivity index (χ2n) is 10.9. The zero-order valence-electron chi connectivity index (χ0n) is 22.5. The Morgan fingerprint density at radius 1 is 1.12 bits per heavy atom. The average molecular weight is 588 g/mol. The summed E-state index contributed by atoms with van der Waals surface area (Å²) in [4.78, 5) is 36.2. The first-order valence-electron chi connectivity index (χ1n) is 13.5. The van der Waals surface area contributed by atoms with E-state index in [4.69, 9.17) is 0 Å². The number of halogens is 4. The molecule has 0 aliphatic carbocycles. The van der Waals surface area contributed by atoms with Crippen molar-refractivity contribution in [2.75, 3.05) is 56.5 Å². The third-order valence-electron chi connectivity index (χ3n) is 8.28. The van der Waals surface area contributed by atoms with Crippen molar-refractivity contribution in [3.63, 3.8) is 0 Å². The van der Waals surface area contributed by atoms with Crippen molar-refractivity contribution in [2.24, 2.45) is 5.41 Å². The number of amides is 1. The number of likely N-dealkylation sites (tertiary alicyclic amines) is 1. The monoisotopic (exact) mass is 587 g/mol. The van der Waals surface area contributed by atoms with Gasteiger partial charge < -0.3 is 14.7 Å². The van der Waals surface area contributed by atoms with E-state index in [2.05, 4.69) is 23.4 Å². The van der Waals surface area contributed by atoms with Crippen LogP contribution in [0.15, 0.2) is 52.7 Å². The van der Waals surface area contributed by atoms with Crippen molar-refractivity contribution in [1.29, 1.82) is 0 Å². The molecule has 41 heavy (non-hydrogen) atoms. The topological polar surface area (TPSA) is 61.7 Å². The third kappa shape index (κ3) is 4.80. The highest BCUT2D eigenvalue weighted by Gasteiger charge is 2.46. The van der Waals surface area contributed by atoms with Gasteiger partial charge >= 0.3 is 11.9 Å². The maximum absolute atomic E-state index is 14.8. The van der Waals surface area contributed by atoms with Crippen LogP contribution in [0.2, 0.25) is 0 Å². The molecule has 0 unspecified atom stereocenters. The molecule has 2 saturated heterocycles. The van der Waals surface area contributed by atoms with Crippen LogP contribution in [0.5, 0.6) is 0 Å². The Balaban J connectivity index is 1.59. The van der Waals surface area contributed by atoms with Gasteiger partial charge in [-0.1, -0.05) is 25.6 Å². The lowest BCUT2D eigenvalue weighted by Crippen LogP contribution is -2.59. The van der Waals surface area contributed by atoms with Crippen LogP contribution in [0.3, 0.4) is 0 Å². The van der Waals surface area contributed by atoms with E-state index >= 15 is 0 Å². The predicted molar refractivity (Wildman–Crippen MR) is 151 cm³/mol. The highest BCUT2D eigenvalue weighted by Crippen LogP contribution is 2.51. The van der Waals surface area contributed by atoms with Crippen molar-refractivity contribution in [3.8, 4) is 11.1 Å². The van der Waals surface area contributed by atoms with Gasteiger partial charge in [-0.2, -0.15) is 18.2 Å². The molecule has 12 heteroatoms. The molecule has 2 fully saturated rings. The summed E-state index contributed by atoms with van der Waals surface area (Å²) in [7, 11) is 0. The average Bonchev–Trinajstić information content (AvgIpc) is 3.12. The molecular formula is C29H29F4N5O2S. The van der Waals surface area contributed by atoms with Crippen LogP contribution < -0.4 is 10.6 Å². The number of nitrogens with zero attached hydrogens (tertiary/aromatic N) is 5. The minimum atomic E-state index is -4.72. The van der Waals surface area contributed by atoms with Gasteiger partial charge in [-0.25, -0.2) is 9.18 Å². The smallest absolute Gasteiger partial charge is 0.352 e.